The Bertz CT molecular complexity index is 1100. The molecule has 0 aromatic rings. The number of halogens is 3. The number of rotatable bonds is 11. The lowest BCUT2D eigenvalue weighted by Gasteiger charge is -2.36. The Morgan fingerprint density at radius 3 is 1.87 bits per heavy atom. The van der Waals surface area contributed by atoms with Crippen molar-refractivity contribution in [3.63, 3.8) is 0 Å². The monoisotopic (exact) mass is 649 g/mol. The molecular weight excluding hydrogens is 599 g/mol. The number of hydrogen-bond donors (Lipinski definition) is 4. The van der Waals surface area contributed by atoms with Crippen molar-refractivity contribution in [2.75, 3.05) is 6.54 Å². The number of ketones is 1. The van der Waals surface area contributed by atoms with Gasteiger partial charge in [0.25, 0.3) is 5.91 Å². The Kier molecular flexibility index (Phi) is 13.9. The Hall–Kier alpha value is -3.39. The van der Waals surface area contributed by atoms with Gasteiger partial charge in [0.05, 0.1) is 6.04 Å². The highest BCUT2D eigenvalue weighted by Gasteiger charge is 2.52. The van der Waals surface area contributed by atoms with Gasteiger partial charge >= 0.3 is 18.2 Å². The SMILES string of the molecule is CC1CC1.CCC(NC(=O)[C@@H]1CCCN1C(=O)C(NC(=O)NC(C(=O)OC(C)(C)C(F)(F)F)C(C)C)C(C)(C)C)C(=O)C(N)=O. The molecule has 15 heteroatoms. The van der Waals surface area contributed by atoms with Crippen molar-refractivity contribution in [3.8, 4) is 0 Å². The first-order valence-corrected chi connectivity index (χ1v) is 15.3. The molecular formula is C30H50F3N5O7. The standard InChI is InChI=1S/C26H42F3N5O7.C4H8/c1-9-14(17(35)19(30)36)31-20(37)15-11-10-12-34(15)21(38)18(24(4,5)6)33-23(40)32-16(13(2)3)22(39)41-25(7,8)26(27,28)29;1-4-2-3-4/h13-16,18H,9-12H2,1-8H3,(H2,30,36)(H,31,37)(H2,32,33,40);4H,2-3H2,1H3/t14?,15-,16?,18?;/m0./s1. The number of amides is 5. The summed E-state index contributed by atoms with van der Waals surface area (Å²) in [5.74, 6) is -4.35. The molecule has 0 bridgehead atoms. The molecule has 2 fully saturated rings. The van der Waals surface area contributed by atoms with Gasteiger partial charge in [0.1, 0.15) is 18.1 Å². The second kappa shape index (κ2) is 15.7. The predicted octanol–water partition coefficient (Wildman–Crippen LogP) is 2.97. The van der Waals surface area contributed by atoms with Gasteiger partial charge in [-0.25, -0.2) is 9.59 Å². The minimum atomic E-state index is -4.85. The second-order valence-corrected chi connectivity index (χ2v) is 13.6. The average Bonchev–Trinajstić information content (AvgIpc) is 3.52. The van der Waals surface area contributed by atoms with Gasteiger partial charge in [-0.2, -0.15) is 13.2 Å². The van der Waals surface area contributed by atoms with Crippen LogP contribution >= 0.6 is 0 Å². The topological polar surface area (TPSA) is 177 Å². The fraction of sp³-hybridized carbons (Fsp3) is 0.800. The minimum Gasteiger partial charge on any atom is -0.448 e. The molecule has 2 rings (SSSR count). The van der Waals surface area contributed by atoms with Crippen LogP contribution < -0.4 is 21.7 Å². The number of esters is 1. The van der Waals surface area contributed by atoms with Crippen LogP contribution in [0, 0.1) is 17.3 Å². The zero-order valence-corrected chi connectivity index (χ0v) is 27.7. The quantitative estimate of drug-likeness (QED) is 0.196. The molecule has 0 spiro atoms. The van der Waals surface area contributed by atoms with Crippen molar-refractivity contribution in [1.82, 2.24) is 20.9 Å². The van der Waals surface area contributed by atoms with Crippen molar-refractivity contribution in [2.45, 2.75) is 130 Å². The summed E-state index contributed by atoms with van der Waals surface area (Å²) < 4.78 is 44.3. The van der Waals surface area contributed by atoms with Crippen LogP contribution in [0.25, 0.3) is 0 Å². The number of nitrogens with zero attached hydrogens (tertiary/aromatic N) is 1. The zero-order valence-electron chi connectivity index (χ0n) is 27.7. The summed E-state index contributed by atoms with van der Waals surface area (Å²) >= 11 is 0. The Morgan fingerprint density at radius 1 is 0.933 bits per heavy atom. The molecule has 0 radical (unpaired) electrons. The largest absolute Gasteiger partial charge is 0.448 e. The van der Waals surface area contributed by atoms with Crippen molar-refractivity contribution < 1.29 is 46.7 Å². The molecule has 12 nitrogen and oxygen atoms in total. The molecule has 45 heavy (non-hydrogen) atoms. The Labute approximate surface area is 263 Å². The summed E-state index contributed by atoms with van der Waals surface area (Å²) in [5, 5.41) is 7.26. The van der Waals surface area contributed by atoms with Crippen molar-refractivity contribution >= 4 is 35.5 Å². The van der Waals surface area contributed by atoms with E-state index in [0.29, 0.717) is 20.3 Å². The average molecular weight is 650 g/mol. The van der Waals surface area contributed by atoms with E-state index in [1.807, 2.05) is 0 Å². The number of nitrogens with two attached hydrogens (primary N) is 1. The first kappa shape index (κ1) is 39.6. The Balaban J connectivity index is 0.00000233. The van der Waals surface area contributed by atoms with E-state index in [4.69, 9.17) is 5.73 Å². The third-order valence-electron chi connectivity index (χ3n) is 7.62. The predicted molar refractivity (Wildman–Crippen MR) is 159 cm³/mol. The highest BCUT2D eigenvalue weighted by atomic mass is 19.4. The molecule has 258 valence electrons. The fourth-order valence-corrected chi connectivity index (χ4v) is 4.26. The van der Waals surface area contributed by atoms with Crippen molar-refractivity contribution in [2.24, 2.45) is 23.0 Å². The summed E-state index contributed by atoms with van der Waals surface area (Å²) in [5.41, 5.74) is 1.34. The normalized spacial score (nSPS) is 19.0. The number of Topliss-reactive ketones (excluding diaryl/α,β-unsaturated/α-hetero) is 1. The summed E-state index contributed by atoms with van der Waals surface area (Å²) in [7, 11) is 0. The van der Waals surface area contributed by atoms with Gasteiger partial charge in [-0.05, 0) is 50.4 Å². The van der Waals surface area contributed by atoms with E-state index >= 15 is 0 Å². The highest BCUT2D eigenvalue weighted by molar-refractivity contribution is 6.37. The Morgan fingerprint density at radius 2 is 1.47 bits per heavy atom. The first-order chi connectivity index (χ1) is 20.4. The van der Waals surface area contributed by atoms with Crippen LogP contribution in [-0.2, 0) is 28.7 Å². The minimum absolute atomic E-state index is 0.0973. The smallest absolute Gasteiger partial charge is 0.427 e. The van der Waals surface area contributed by atoms with Gasteiger partial charge in [0.15, 0.2) is 0 Å². The first-order valence-electron chi connectivity index (χ1n) is 15.3. The number of carbonyl (C=O) groups is 6. The summed E-state index contributed by atoms with van der Waals surface area (Å²) in [4.78, 5) is 76.7. The number of alkyl halides is 3. The molecule has 0 aromatic carbocycles. The van der Waals surface area contributed by atoms with E-state index in [1.54, 1.807) is 27.7 Å². The maximum atomic E-state index is 13.6. The van der Waals surface area contributed by atoms with Gasteiger partial charge in [0, 0.05) is 6.54 Å². The molecule has 1 aliphatic carbocycles. The molecule has 0 aromatic heterocycles. The number of nitrogens with one attached hydrogen (secondary N) is 3. The van der Waals surface area contributed by atoms with Gasteiger partial charge in [-0.15, -0.1) is 0 Å². The van der Waals surface area contributed by atoms with Crippen LogP contribution in [0.5, 0.6) is 0 Å². The summed E-state index contributed by atoms with van der Waals surface area (Å²) in [6, 6.07) is -5.84. The van der Waals surface area contributed by atoms with E-state index in [9.17, 15) is 41.9 Å². The summed E-state index contributed by atoms with van der Waals surface area (Å²) in [6.45, 7) is 13.3. The lowest BCUT2D eigenvalue weighted by molar-refractivity contribution is -0.258. The molecule has 3 unspecified atom stereocenters. The third-order valence-corrected chi connectivity index (χ3v) is 7.62. The van der Waals surface area contributed by atoms with E-state index in [-0.39, 0.29) is 19.4 Å². The van der Waals surface area contributed by atoms with E-state index in [1.165, 1.54) is 31.6 Å². The van der Waals surface area contributed by atoms with E-state index in [2.05, 4.69) is 27.6 Å². The fourth-order valence-electron chi connectivity index (χ4n) is 4.26. The molecule has 5 N–H and O–H groups in total. The van der Waals surface area contributed by atoms with Gasteiger partial charge < -0.3 is 31.3 Å². The number of likely N-dealkylation sites (tertiary alicyclic amines) is 1. The number of carbonyl (C=O) groups excluding carboxylic acids is 6. The highest BCUT2D eigenvalue weighted by Crippen LogP contribution is 2.33. The van der Waals surface area contributed by atoms with Crippen LogP contribution in [0.1, 0.15) is 94.4 Å². The molecule has 1 heterocycles. The van der Waals surface area contributed by atoms with Gasteiger partial charge in [0.2, 0.25) is 23.2 Å². The maximum absolute atomic E-state index is 13.6. The molecule has 2 aliphatic rings. The number of ether oxygens (including phenoxy) is 1. The van der Waals surface area contributed by atoms with Crippen LogP contribution in [0.15, 0.2) is 0 Å². The second-order valence-electron chi connectivity index (χ2n) is 13.6. The van der Waals surface area contributed by atoms with Crippen molar-refractivity contribution in [3.05, 3.63) is 0 Å². The third kappa shape index (κ3) is 11.8. The van der Waals surface area contributed by atoms with Gasteiger partial charge in [-0.3, -0.25) is 19.2 Å². The van der Waals surface area contributed by atoms with E-state index in [0.717, 1.165) is 5.92 Å². The van der Waals surface area contributed by atoms with Crippen LogP contribution in [-0.4, -0.2) is 82.9 Å². The summed E-state index contributed by atoms with van der Waals surface area (Å²) in [6.07, 6.45) is -1.07. The molecule has 5 amide bonds. The van der Waals surface area contributed by atoms with Crippen molar-refractivity contribution in [1.29, 1.82) is 0 Å². The maximum Gasteiger partial charge on any atom is 0.427 e. The number of primary amides is 1. The van der Waals surface area contributed by atoms with Crippen LogP contribution in [0.3, 0.4) is 0 Å². The lowest BCUT2D eigenvalue weighted by atomic mass is 9.85. The zero-order chi connectivity index (χ0) is 35.1. The number of hydrogen-bond acceptors (Lipinski definition) is 7. The molecule has 1 saturated heterocycles. The molecule has 4 atom stereocenters. The van der Waals surface area contributed by atoms with E-state index < -0.39 is 82.8 Å². The molecule has 1 aliphatic heterocycles. The van der Waals surface area contributed by atoms with Crippen LogP contribution in [0.2, 0.25) is 0 Å². The lowest BCUT2D eigenvalue weighted by Crippen LogP contribution is -2.61. The molecule has 1 saturated carbocycles. The number of urea groups is 1. The van der Waals surface area contributed by atoms with Gasteiger partial charge in [-0.1, -0.05) is 61.3 Å². The van der Waals surface area contributed by atoms with Crippen LogP contribution in [0.4, 0.5) is 18.0 Å².